The normalized spacial score (nSPS) is 33.0. The van der Waals surface area contributed by atoms with Crippen molar-refractivity contribution in [2.45, 2.75) is 18.5 Å². The van der Waals surface area contributed by atoms with Gasteiger partial charge in [-0.2, -0.15) is 0 Å². The van der Waals surface area contributed by atoms with Crippen molar-refractivity contribution in [3.05, 3.63) is 0 Å². The summed E-state index contributed by atoms with van der Waals surface area (Å²) >= 11 is 0. The Morgan fingerprint density at radius 3 is 3.00 bits per heavy atom. The highest BCUT2D eigenvalue weighted by Crippen LogP contribution is 2.05. The first-order valence-corrected chi connectivity index (χ1v) is 3.76. The Balaban J connectivity index is 2.15. The zero-order valence-corrected chi connectivity index (χ0v) is 6.68. The van der Waals surface area contributed by atoms with Gasteiger partial charge in [-0.15, -0.1) is 0 Å². The summed E-state index contributed by atoms with van der Waals surface area (Å²) in [6.07, 6.45) is 1.18. The van der Waals surface area contributed by atoms with Gasteiger partial charge in [0.05, 0.1) is 6.61 Å². The van der Waals surface area contributed by atoms with Gasteiger partial charge in [-0.1, -0.05) is 0 Å². The standard InChI is InChI=1S/C7H16N2O/c1-8-6-3-7(5-10-2)9-4-6/h6-9H,3-5H2,1-2H3. The van der Waals surface area contributed by atoms with E-state index in [1.807, 2.05) is 7.05 Å². The van der Waals surface area contributed by atoms with Crippen molar-refractivity contribution in [1.29, 1.82) is 0 Å². The second kappa shape index (κ2) is 3.91. The Hall–Kier alpha value is -0.120. The predicted molar refractivity (Wildman–Crippen MR) is 41.1 cm³/mol. The van der Waals surface area contributed by atoms with Gasteiger partial charge in [0.25, 0.3) is 0 Å². The summed E-state index contributed by atoms with van der Waals surface area (Å²) in [6, 6.07) is 1.20. The molecule has 60 valence electrons. The number of hydrogen-bond donors (Lipinski definition) is 2. The van der Waals surface area contributed by atoms with Crippen molar-refractivity contribution < 1.29 is 4.74 Å². The van der Waals surface area contributed by atoms with Crippen LogP contribution in [0.2, 0.25) is 0 Å². The fourth-order valence-corrected chi connectivity index (χ4v) is 1.37. The number of nitrogens with one attached hydrogen (secondary N) is 2. The average Bonchev–Trinajstić information content (AvgIpc) is 2.37. The molecule has 0 aliphatic carbocycles. The molecule has 1 fully saturated rings. The lowest BCUT2D eigenvalue weighted by Gasteiger charge is -2.07. The van der Waals surface area contributed by atoms with E-state index in [1.165, 1.54) is 6.42 Å². The number of likely N-dealkylation sites (N-methyl/N-ethyl adjacent to an activating group) is 1. The van der Waals surface area contributed by atoms with Crippen LogP contribution in [0, 0.1) is 0 Å². The van der Waals surface area contributed by atoms with Gasteiger partial charge in [0.2, 0.25) is 0 Å². The van der Waals surface area contributed by atoms with E-state index in [9.17, 15) is 0 Å². The molecule has 1 rings (SSSR count). The number of rotatable bonds is 3. The summed E-state index contributed by atoms with van der Waals surface area (Å²) in [4.78, 5) is 0. The van der Waals surface area contributed by atoms with Gasteiger partial charge in [-0.25, -0.2) is 0 Å². The van der Waals surface area contributed by atoms with Crippen LogP contribution in [0.5, 0.6) is 0 Å². The van der Waals surface area contributed by atoms with E-state index >= 15 is 0 Å². The lowest BCUT2D eigenvalue weighted by Crippen LogP contribution is -2.27. The van der Waals surface area contributed by atoms with Crippen molar-refractivity contribution in [2.24, 2.45) is 0 Å². The smallest absolute Gasteiger partial charge is 0.0616 e. The zero-order valence-electron chi connectivity index (χ0n) is 6.68. The third kappa shape index (κ3) is 1.94. The molecule has 1 heterocycles. The highest BCUT2D eigenvalue weighted by atomic mass is 16.5. The molecule has 2 unspecified atom stereocenters. The molecule has 0 aromatic carbocycles. The molecular weight excluding hydrogens is 128 g/mol. The minimum absolute atomic E-state index is 0.558. The number of hydrogen-bond acceptors (Lipinski definition) is 3. The first-order chi connectivity index (χ1) is 4.86. The molecule has 2 atom stereocenters. The van der Waals surface area contributed by atoms with Crippen LogP contribution in [0.3, 0.4) is 0 Å². The van der Waals surface area contributed by atoms with Crippen molar-refractivity contribution >= 4 is 0 Å². The van der Waals surface area contributed by atoms with Crippen LogP contribution < -0.4 is 10.6 Å². The van der Waals surface area contributed by atoms with E-state index in [0.29, 0.717) is 12.1 Å². The van der Waals surface area contributed by atoms with Gasteiger partial charge < -0.3 is 15.4 Å². The molecular formula is C7H16N2O. The largest absolute Gasteiger partial charge is 0.383 e. The van der Waals surface area contributed by atoms with E-state index in [1.54, 1.807) is 7.11 Å². The van der Waals surface area contributed by atoms with Gasteiger partial charge in [-0.3, -0.25) is 0 Å². The van der Waals surface area contributed by atoms with E-state index in [2.05, 4.69) is 10.6 Å². The molecule has 1 saturated heterocycles. The van der Waals surface area contributed by atoms with E-state index in [0.717, 1.165) is 13.2 Å². The molecule has 0 aromatic rings. The maximum absolute atomic E-state index is 5.03. The molecule has 0 aromatic heterocycles. The Morgan fingerprint density at radius 1 is 1.70 bits per heavy atom. The molecule has 1 aliphatic rings. The summed E-state index contributed by atoms with van der Waals surface area (Å²) in [5, 5.41) is 6.61. The van der Waals surface area contributed by atoms with Crippen LogP contribution in [0.15, 0.2) is 0 Å². The van der Waals surface area contributed by atoms with Gasteiger partial charge in [-0.05, 0) is 13.5 Å². The van der Waals surface area contributed by atoms with Crippen LogP contribution in [-0.2, 0) is 4.74 Å². The monoisotopic (exact) mass is 144 g/mol. The van der Waals surface area contributed by atoms with Crippen molar-refractivity contribution in [2.75, 3.05) is 27.3 Å². The predicted octanol–water partition coefficient (Wildman–Crippen LogP) is -0.417. The SMILES string of the molecule is CNC1CNC(COC)C1. The molecule has 3 nitrogen and oxygen atoms in total. The second-order valence-electron chi connectivity index (χ2n) is 2.78. The molecule has 10 heavy (non-hydrogen) atoms. The van der Waals surface area contributed by atoms with Gasteiger partial charge in [0.15, 0.2) is 0 Å². The lowest BCUT2D eigenvalue weighted by atomic mass is 10.2. The van der Waals surface area contributed by atoms with E-state index in [-0.39, 0.29) is 0 Å². The van der Waals surface area contributed by atoms with E-state index < -0.39 is 0 Å². The number of methoxy groups -OCH3 is 1. The van der Waals surface area contributed by atoms with Crippen molar-refractivity contribution in [3.63, 3.8) is 0 Å². The van der Waals surface area contributed by atoms with Crippen molar-refractivity contribution in [1.82, 2.24) is 10.6 Å². The highest BCUT2D eigenvalue weighted by molar-refractivity contribution is 4.84. The molecule has 3 heteroatoms. The Labute approximate surface area is 62.1 Å². The highest BCUT2D eigenvalue weighted by Gasteiger charge is 2.21. The maximum Gasteiger partial charge on any atom is 0.0616 e. The summed E-state index contributed by atoms with van der Waals surface area (Å²) in [5.74, 6) is 0. The fourth-order valence-electron chi connectivity index (χ4n) is 1.37. The zero-order chi connectivity index (χ0) is 7.40. The molecule has 0 bridgehead atoms. The molecule has 0 spiro atoms. The van der Waals surface area contributed by atoms with Gasteiger partial charge in [0.1, 0.15) is 0 Å². The molecule has 1 aliphatic heterocycles. The third-order valence-corrected chi connectivity index (χ3v) is 2.00. The van der Waals surface area contributed by atoms with Crippen LogP contribution in [0.25, 0.3) is 0 Å². The van der Waals surface area contributed by atoms with Crippen LogP contribution >= 0.6 is 0 Å². The topological polar surface area (TPSA) is 33.3 Å². The first kappa shape index (κ1) is 7.98. The molecule has 0 amide bonds. The summed E-state index contributed by atoms with van der Waals surface area (Å²) in [7, 11) is 3.75. The second-order valence-corrected chi connectivity index (χ2v) is 2.78. The quantitative estimate of drug-likeness (QED) is 0.564. The molecule has 0 saturated carbocycles. The van der Waals surface area contributed by atoms with Crippen LogP contribution in [0.4, 0.5) is 0 Å². The summed E-state index contributed by atoms with van der Waals surface area (Å²) in [5.41, 5.74) is 0. The van der Waals surface area contributed by atoms with Crippen LogP contribution in [-0.4, -0.2) is 39.4 Å². The maximum atomic E-state index is 5.03. The third-order valence-electron chi connectivity index (χ3n) is 2.00. The average molecular weight is 144 g/mol. The van der Waals surface area contributed by atoms with Gasteiger partial charge in [0, 0.05) is 25.7 Å². The molecule has 0 radical (unpaired) electrons. The summed E-state index contributed by atoms with van der Waals surface area (Å²) < 4.78 is 5.03. The minimum Gasteiger partial charge on any atom is -0.383 e. The van der Waals surface area contributed by atoms with Gasteiger partial charge >= 0.3 is 0 Å². The van der Waals surface area contributed by atoms with E-state index in [4.69, 9.17) is 4.74 Å². The lowest BCUT2D eigenvalue weighted by molar-refractivity contribution is 0.173. The van der Waals surface area contributed by atoms with Crippen molar-refractivity contribution in [3.8, 4) is 0 Å². The Morgan fingerprint density at radius 2 is 2.50 bits per heavy atom. The molecule has 2 N–H and O–H groups in total. The summed E-state index contributed by atoms with van der Waals surface area (Å²) in [6.45, 7) is 1.91. The fraction of sp³-hybridized carbons (Fsp3) is 1.00. The number of ether oxygens (including phenoxy) is 1. The first-order valence-electron chi connectivity index (χ1n) is 3.76. The van der Waals surface area contributed by atoms with Crippen LogP contribution in [0.1, 0.15) is 6.42 Å². The minimum atomic E-state index is 0.558. The Kier molecular flexibility index (Phi) is 3.12. The Bertz CT molecular complexity index is 97.6.